The van der Waals surface area contributed by atoms with Gasteiger partial charge in [-0.15, -0.1) is 0 Å². The Labute approximate surface area is 143 Å². The minimum atomic E-state index is -0.0195. The summed E-state index contributed by atoms with van der Waals surface area (Å²) in [4.78, 5) is 12.3. The van der Waals surface area contributed by atoms with Gasteiger partial charge in [0.05, 0.1) is 29.9 Å². The highest BCUT2D eigenvalue weighted by molar-refractivity contribution is 5.79. The number of rotatable bonds is 4. The zero-order valence-corrected chi connectivity index (χ0v) is 14.6. The van der Waals surface area contributed by atoms with E-state index in [1.165, 1.54) is 0 Å². The smallest absolute Gasteiger partial charge is 0.225 e. The van der Waals surface area contributed by atoms with Crippen LogP contribution in [-0.2, 0) is 9.53 Å². The molecule has 24 heavy (non-hydrogen) atoms. The van der Waals surface area contributed by atoms with E-state index in [0.29, 0.717) is 6.61 Å². The Morgan fingerprint density at radius 1 is 1.33 bits per heavy atom. The number of hydrogen-bond acceptors (Lipinski definition) is 3. The first kappa shape index (κ1) is 16.7. The molecule has 2 aromatic rings. The monoisotopic (exact) mass is 327 g/mol. The molecule has 5 heteroatoms. The van der Waals surface area contributed by atoms with Crippen LogP contribution in [0.2, 0.25) is 0 Å². The minimum Gasteiger partial charge on any atom is -0.381 e. The molecule has 1 N–H and O–H groups in total. The number of benzene rings is 1. The number of carbonyl (C=O) groups excluding carboxylic acids is 1. The van der Waals surface area contributed by atoms with Crippen LogP contribution in [0, 0.1) is 19.8 Å². The van der Waals surface area contributed by atoms with Gasteiger partial charge in [-0.2, -0.15) is 5.10 Å². The summed E-state index contributed by atoms with van der Waals surface area (Å²) < 4.78 is 7.33. The molecular formula is C19H25N3O2. The number of carbonyl (C=O) groups is 1. The summed E-state index contributed by atoms with van der Waals surface area (Å²) in [7, 11) is 0. The second kappa shape index (κ2) is 7.18. The Balaban J connectivity index is 1.66. The fourth-order valence-corrected chi connectivity index (χ4v) is 3.16. The molecule has 1 fully saturated rings. The van der Waals surface area contributed by atoms with Gasteiger partial charge >= 0.3 is 0 Å². The van der Waals surface area contributed by atoms with E-state index in [1.807, 2.05) is 49.7 Å². The molecule has 0 spiro atoms. The van der Waals surface area contributed by atoms with Crippen LogP contribution < -0.4 is 5.32 Å². The van der Waals surface area contributed by atoms with Gasteiger partial charge in [-0.25, -0.2) is 4.68 Å². The van der Waals surface area contributed by atoms with Crippen LogP contribution in [0.5, 0.6) is 0 Å². The Kier molecular flexibility index (Phi) is 5.00. The van der Waals surface area contributed by atoms with Gasteiger partial charge < -0.3 is 10.1 Å². The molecule has 0 saturated carbocycles. The molecule has 1 aromatic heterocycles. The van der Waals surface area contributed by atoms with Crippen molar-refractivity contribution in [2.75, 3.05) is 13.2 Å². The normalized spacial score (nSPS) is 19.0. The highest BCUT2D eigenvalue weighted by atomic mass is 16.5. The van der Waals surface area contributed by atoms with Gasteiger partial charge in [0.1, 0.15) is 0 Å². The van der Waals surface area contributed by atoms with Crippen LogP contribution in [0.4, 0.5) is 0 Å². The molecule has 1 aliphatic rings. The first-order chi connectivity index (χ1) is 11.5. The fourth-order valence-electron chi connectivity index (χ4n) is 3.16. The molecular weight excluding hydrogens is 302 g/mol. The van der Waals surface area contributed by atoms with E-state index < -0.39 is 0 Å². The second-order valence-electron chi connectivity index (χ2n) is 6.57. The molecule has 1 saturated heterocycles. The summed E-state index contributed by atoms with van der Waals surface area (Å²) in [5.41, 5.74) is 4.24. The number of amides is 1. The lowest BCUT2D eigenvalue weighted by molar-refractivity contribution is -0.129. The lowest BCUT2D eigenvalue weighted by Crippen LogP contribution is -2.36. The molecule has 128 valence electrons. The average molecular weight is 327 g/mol. The topological polar surface area (TPSA) is 56.2 Å². The number of hydrogen-bond donors (Lipinski definition) is 1. The van der Waals surface area contributed by atoms with Crippen molar-refractivity contribution in [2.24, 2.45) is 5.92 Å². The fraction of sp³-hybridized carbons (Fsp3) is 0.474. The van der Waals surface area contributed by atoms with Crippen LogP contribution in [0.1, 0.15) is 42.8 Å². The molecule has 2 atom stereocenters. The van der Waals surface area contributed by atoms with Gasteiger partial charge in [0.2, 0.25) is 5.91 Å². The van der Waals surface area contributed by atoms with Gasteiger partial charge in [0.25, 0.3) is 0 Å². The lowest BCUT2D eigenvalue weighted by atomic mass is 10.00. The van der Waals surface area contributed by atoms with Gasteiger partial charge in [-0.05, 0) is 57.4 Å². The van der Waals surface area contributed by atoms with E-state index in [4.69, 9.17) is 4.74 Å². The Morgan fingerprint density at radius 2 is 2.08 bits per heavy atom. The maximum atomic E-state index is 12.3. The van der Waals surface area contributed by atoms with E-state index in [-0.39, 0.29) is 17.9 Å². The quantitative estimate of drug-likeness (QED) is 0.939. The highest BCUT2D eigenvalue weighted by Gasteiger charge is 2.23. The number of nitrogens with zero attached hydrogens (tertiary/aromatic N) is 2. The van der Waals surface area contributed by atoms with E-state index in [1.54, 1.807) is 0 Å². The Bertz CT molecular complexity index is 700. The highest BCUT2D eigenvalue weighted by Crippen LogP contribution is 2.19. The first-order valence-electron chi connectivity index (χ1n) is 8.56. The Morgan fingerprint density at radius 3 is 2.67 bits per heavy atom. The van der Waals surface area contributed by atoms with Crippen LogP contribution in [-0.4, -0.2) is 28.9 Å². The number of ether oxygens (including phenoxy) is 1. The van der Waals surface area contributed by atoms with E-state index in [9.17, 15) is 4.79 Å². The van der Waals surface area contributed by atoms with Gasteiger partial charge in [0.15, 0.2) is 0 Å². The van der Waals surface area contributed by atoms with Gasteiger partial charge in [-0.3, -0.25) is 4.79 Å². The van der Waals surface area contributed by atoms with Gasteiger partial charge in [-0.1, -0.05) is 12.1 Å². The van der Waals surface area contributed by atoms with Crippen molar-refractivity contribution in [1.82, 2.24) is 15.1 Å². The SMILES string of the molecule is Cc1cc(C)n(-c2ccc([C@@H](C)NC(=O)[C@@H]3CCCOC3)cc2)n1. The third-order valence-corrected chi connectivity index (χ3v) is 4.54. The summed E-state index contributed by atoms with van der Waals surface area (Å²) in [6, 6.07) is 10.2. The molecule has 0 unspecified atom stereocenters. The maximum Gasteiger partial charge on any atom is 0.225 e. The second-order valence-corrected chi connectivity index (χ2v) is 6.57. The third kappa shape index (κ3) is 3.67. The van der Waals surface area contributed by atoms with Crippen molar-refractivity contribution in [3.8, 4) is 5.69 Å². The standard InChI is InChI=1S/C19H25N3O2/c1-13-11-14(2)22(21-13)18-8-6-16(7-9-18)15(3)20-19(23)17-5-4-10-24-12-17/h6-9,11,15,17H,4-5,10,12H2,1-3H3,(H,20,23)/t15-,17-/m1/s1. The summed E-state index contributed by atoms with van der Waals surface area (Å²) in [6.45, 7) is 7.36. The maximum absolute atomic E-state index is 12.3. The first-order valence-corrected chi connectivity index (χ1v) is 8.56. The van der Waals surface area contributed by atoms with E-state index in [0.717, 1.165) is 42.1 Å². The van der Waals surface area contributed by atoms with Gasteiger partial charge in [0, 0.05) is 12.3 Å². The van der Waals surface area contributed by atoms with Crippen LogP contribution >= 0.6 is 0 Å². The zero-order chi connectivity index (χ0) is 17.1. The zero-order valence-electron chi connectivity index (χ0n) is 14.6. The van der Waals surface area contributed by atoms with Crippen LogP contribution in [0.3, 0.4) is 0 Å². The van der Waals surface area contributed by atoms with Crippen molar-refractivity contribution in [2.45, 2.75) is 39.7 Å². The molecule has 0 radical (unpaired) electrons. The minimum absolute atomic E-state index is 0.0184. The number of nitrogens with one attached hydrogen (secondary N) is 1. The lowest BCUT2D eigenvalue weighted by Gasteiger charge is -2.23. The summed E-state index contributed by atoms with van der Waals surface area (Å²) in [6.07, 6.45) is 1.87. The molecule has 5 nitrogen and oxygen atoms in total. The third-order valence-electron chi connectivity index (χ3n) is 4.54. The van der Waals surface area contributed by atoms with Crippen molar-refractivity contribution in [3.05, 3.63) is 47.3 Å². The van der Waals surface area contributed by atoms with Crippen molar-refractivity contribution < 1.29 is 9.53 Å². The van der Waals surface area contributed by atoms with Crippen LogP contribution in [0.15, 0.2) is 30.3 Å². The summed E-state index contributed by atoms with van der Waals surface area (Å²) in [5, 5.41) is 7.60. The molecule has 3 rings (SSSR count). The Hall–Kier alpha value is -2.14. The van der Waals surface area contributed by atoms with Crippen LogP contribution in [0.25, 0.3) is 5.69 Å². The molecule has 0 bridgehead atoms. The average Bonchev–Trinajstić information content (AvgIpc) is 2.94. The van der Waals surface area contributed by atoms with Crippen molar-refractivity contribution >= 4 is 5.91 Å². The number of aromatic nitrogens is 2. The predicted molar refractivity (Wildman–Crippen MR) is 93.1 cm³/mol. The van der Waals surface area contributed by atoms with Crippen molar-refractivity contribution in [3.63, 3.8) is 0 Å². The van der Waals surface area contributed by atoms with E-state index >= 15 is 0 Å². The summed E-state index contributed by atoms with van der Waals surface area (Å²) >= 11 is 0. The molecule has 1 amide bonds. The van der Waals surface area contributed by atoms with Crippen molar-refractivity contribution in [1.29, 1.82) is 0 Å². The molecule has 0 aliphatic carbocycles. The summed E-state index contributed by atoms with van der Waals surface area (Å²) in [5.74, 6) is 0.0694. The molecule has 1 aromatic carbocycles. The predicted octanol–water partition coefficient (Wildman–Crippen LogP) is 3.09. The number of aryl methyl sites for hydroxylation is 2. The largest absolute Gasteiger partial charge is 0.381 e. The molecule has 2 heterocycles. The van der Waals surface area contributed by atoms with E-state index in [2.05, 4.69) is 16.5 Å². The molecule has 1 aliphatic heterocycles.